The molecule has 1 N–H and O–H groups in total. The molecule has 0 aliphatic heterocycles. The second-order valence-corrected chi connectivity index (χ2v) is 5.11. The molecule has 0 unspecified atom stereocenters. The zero-order chi connectivity index (χ0) is 13.8. The molecule has 1 aliphatic rings. The molecule has 20 heavy (non-hydrogen) atoms. The van der Waals surface area contributed by atoms with Crippen LogP contribution in [0.3, 0.4) is 0 Å². The summed E-state index contributed by atoms with van der Waals surface area (Å²) in [5.41, 5.74) is 1.13. The summed E-state index contributed by atoms with van der Waals surface area (Å²) in [5.74, 6) is 1.71. The van der Waals surface area contributed by atoms with Crippen LogP contribution in [-0.2, 0) is 4.74 Å². The van der Waals surface area contributed by atoms with Crippen molar-refractivity contribution in [1.82, 2.24) is 0 Å². The number of benzene rings is 2. The highest BCUT2D eigenvalue weighted by atomic mass is 16.5. The van der Waals surface area contributed by atoms with Crippen molar-refractivity contribution in [3.63, 3.8) is 0 Å². The van der Waals surface area contributed by atoms with Crippen molar-refractivity contribution in [3.8, 4) is 11.5 Å². The molecule has 0 spiro atoms. The van der Waals surface area contributed by atoms with Crippen LogP contribution in [0.4, 0.5) is 5.69 Å². The fraction of sp³-hybridized carbons (Fsp3) is 0.294. The number of hydrogen-bond acceptors (Lipinski definition) is 3. The van der Waals surface area contributed by atoms with Gasteiger partial charge in [-0.15, -0.1) is 0 Å². The lowest BCUT2D eigenvalue weighted by molar-refractivity contribution is 0.0329. The van der Waals surface area contributed by atoms with Gasteiger partial charge >= 0.3 is 0 Å². The van der Waals surface area contributed by atoms with Crippen molar-refractivity contribution in [2.24, 2.45) is 0 Å². The van der Waals surface area contributed by atoms with E-state index in [0.717, 1.165) is 30.0 Å². The molecule has 2 aromatic rings. The van der Waals surface area contributed by atoms with Crippen LogP contribution in [-0.4, -0.2) is 19.3 Å². The lowest BCUT2D eigenvalue weighted by atomic mass is 9.89. The van der Waals surface area contributed by atoms with Crippen LogP contribution in [0.2, 0.25) is 0 Å². The molecule has 0 amide bonds. The SMILES string of the molecule is COC1CC(Nc2ccc(Oc3ccccc3)cc2)C1. The first kappa shape index (κ1) is 13.0. The molecular formula is C17H19NO2. The van der Waals surface area contributed by atoms with E-state index in [2.05, 4.69) is 17.4 Å². The van der Waals surface area contributed by atoms with E-state index in [4.69, 9.17) is 9.47 Å². The van der Waals surface area contributed by atoms with E-state index in [0.29, 0.717) is 12.1 Å². The van der Waals surface area contributed by atoms with Gasteiger partial charge in [0.25, 0.3) is 0 Å². The highest BCUT2D eigenvalue weighted by molar-refractivity contribution is 5.48. The number of anilines is 1. The number of ether oxygens (including phenoxy) is 2. The van der Waals surface area contributed by atoms with Gasteiger partial charge in [-0.25, -0.2) is 0 Å². The van der Waals surface area contributed by atoms with Crippen LogP contribution in [0.25, 0.3) is 0 Å². The Balaban J connectivity index is 1.55. The Bertz CT molecular complexity index is 533. The van der Waals surface area contributed by atoms with Crippen molar-refractivity contribution in [3.05, 3.63) is 54.6 Å². The van der Waals surface area contributed by atoms with Gasteiger partial charge in [0.05, 0.1) is 6.10 Å². The minimum absolute atomic E-state index is 0.424. The minimum Gasteiger partial charge on any atom is -0.457 e. The van der Waals surface area contributed by atoms with Gasteiger partial charge < -0.3 is 14.8 Å². The second-order valence-electron chi connectivity index (χ2n) is 5.11. The maximum absolute atomic E-state index is 5.77. The summed E-state index contributed by atoms with van der Waals surface area (Å²) in [4.78, 5) is 0. The van der Waals surface area contributed by atoms with Gasteiger partial charge in [0.15, 0.2) is 0 Å². The molecule has 1 aliphatic carbocycles. The van der Waals surface area contributed by atoms with Gasteiger partial charge in [-0.2, -0.15) is 0 Å². The summed E-state index contributed by atoms with van der Waals surface area (Å²) in [6.45, 7) is 0. The summed E-state index contributed by atoms with van der Waals surface area (Å²) in [7, 11) is 1.77. The van der Waals surface area contributed by atoms with Gasteiger partial charge in [-0.3, -0.25) is 0 Å². The molecule has 3 heteroatoms. The molecule has 0 atom stereocenters. The van der Waals surface area contributed by atoms with Gasteiger partial charge in [0, 0.05) is 18.8 Å². The highest BCUT2D eigenvalue weighted by Crippen LogP contribution is 2.28. The number of methoxy groups -OCH3 is 1. The average molecular weight is 269 g/mol. The maximum Gasteiger partial charge on any atom is 0.127 e. The molecule has 3 rings (SSSR count). The van der Waals surface area contributed by atoms with Crippen molar-refractivity contribution in [2.45, 2.75) is 25.0 Å². The quantitative estimate of drug-likeness (QED) is 0.887. The molecule has 1 fully saturated rings. The molecule has 0 radical (unpaired) electrons. The summed E-state index contributed by atoms with van der Waals surface area (Å²) in [6, 6.07) is 18.4. The fourth-order valence-corrected chi connectivity index (χ4v) is 2.36. The van der Waals surface area contributed by atoms with E-state index >= 15 is 0 Å². The normalized spacial score (nSPS) is 21.1. The van der Waals surface area contributed by atoms with Gasteiger partial charge in [-0.1, -0.05) is 18.2 Å². The molecular weight excluding hydrogens is 250 g/mol. The summed E-state index contributed by atoms with van der Waals surface area (Å²) < 4.78 is 11.0. The fourth-order valence-electron chi connectivity index (χ4n) is 2.36. The van der Waals surface area contributed by atoms with Crippen LogP contribution in [0, 0.1) is 0 Å². The standard InChI is InChI=1S/C17H19NO2/c1-19-17-11-14(12-17)18-13-7-9-16(10-8-13)20-15-5-3-2-4-6-15/h2-10,14,17-18H,11-12H2,1H3. The van der Waals surface area contributed by atoms with Crippen LogP contribution in [0.15, 0.2) is 54.6 Å². The lowest BCUT2D eigenvalue weighted by Crippen LogP contribution is -2.40. The number of para-hydroxylation sites is 1. The van der Waals surface area contributed by atoms with Crippen LogP contribution in [0.5, 0.6) is 11.5 Å². The Morgan fingerprint density at radius 1 is 0.900 bits per heavy atom. The third-order valence-electron chi connectivity index (χ3n) is 3.63. The van der Waals surface area contributed by atoms with Crippen molar-refractivity contribution in [1.29, 1.82) is 0 Å². The van der Waals surface area contributed by atoms with E-state index in [-0.39, 0.29) is 0 Å². The number of nitrogens with one attached hydrogen (secondary N) is 1. The second kappa shape index (κ2) is 5.97. The van der Waals surface area contributed by atoms with E-state index in [1.165, 1.54) is 0 Å². The topological polar surface area (TPSA) is 30.5 Å². The van der Waals surface area contributed by atoms with Crippen molar-refractivity contribution < 1.29 is 9.47 Å². The monoisotopic (exact) mass is 269 g/mol. The molecule has 1 saturated carbocycles. The van der Waals surface area contributed by atoms with Crippen LogP contribution >= 0.6 is 0 Å². The van der Waals surface area contributed by atoms with E-state index < -0.39 is 0 Å². The van der Waals surface area contributed by atoms with Gasteiger partial charge in [0.1, 0.15) is 11.5 Å². The number of rotatable bonds is 5. The molecule has 0 aromatic heterocycles. The molecule has 0 saturated heterocycles. The van der Waals surface area contributed by atoms with Crippen LogP contribution in [0.1, 0.15) is 12.8 Å². The lowest BCUT2D eigenvalue weighted by Gasteiger charge is -2.35. The van der Waals surface area contributed by atoms with Crippen molar-refractivity contribution >= 4 is 5.69 Å². The Morgan fingerprint density at radius 3 is 2.20 bits per heavy atom. The van der Waals surface area contributed by atoms with Gasteiger partial charge in [-0.05, 0) is 49.2 Å². The summed E-state index contributed by atoms with van der Waals surface area (Å²) in [6.07, 6.45) is 2.59. The predicted octanol–water partition coefficient (Wildman–Crippen LogP) is 4.07. The third kappa shape index (κ3) is 3.11. The molecule has 0 heterocycles. The first-order valence-corrected chi connectivity index (χ1v) is 6.96. The summed E-state index contributed by atoms with van der Waals surface area (Å²) >= 11 is 0. The summed E-state index contributed by atoms with van der Waals surface area (Å²) in [5, 5.41) is 3.50. The zero-order valence-electron chi connectivity index (χ0n) is 11.6. The minimum atomic E-state index is 0.424. The molecule has 104 valence electrons. The Kier molecular flexibility index (Phi) is 3.88. The molecule has 0 bridgehead atoms. The van der Waals surface area contributed by atoms with Crippen LogP contribution < -0.4 is 10.1 Å². The first-order valence-electron chi connectivity index (χ1n) is 6.96. The Labute approximate surface area is 119 Å². The molecule has 2 aromatic carbocycles. The van der Waals surface area contributed by atoms with E-state index in [1.807, 2.05) is 42.5 Å². The maximum atomic E-state index is 5.77. The van der Waals surface area contributed by atoms with E-state index in [1.54, 1.807) is 7.11 Å². The Hall–Kier alpha value is -2.00. The predicted molar refractivity (Wildman–Crippen MR) is 80.4 cm³/mol. The highest BCUT2D eigenvalue weighted by Gasteiger charge is 2.28. The van der Waals surface area contributed by atoms with Crippen molar-refractivity contribution in [2.75, 3.05) is 12.4 Å². The Morgan fingerprint density at radius 2 is 1.55 bits per heavy atom. The first-order chi connectivity index (χ1) is 9.83. The zero-order valence-corrected chi connectivity index (χ0v) is 11.6. The average Bonchev–Trinajstić information content (AvgIpc) is 2.45. The number of hydrogen-bond donors (Lipinski definition) is 1. The third-order valence-corrected chi connectivity index (χ3v) is 3.63. The smallest absolute Gasteiger partial charge is 0.127 e. The largest absolute Gasteiger partial charge is 0.457 e. The van der Waals surface area contributed by atoms with E-state index in [9.17, 15) is 0 Å². The molecule has 3 nitrogen and oxygen atoms in total. The van der Waals surface area contributed by atoms with Gasteiger partial charge in [0.2, 0.25) is 0 Å².